The molecule has 1 aromatic rings. The SMILES string of the molecule is CCN1C(=O)C2CCCN2C12C[C@@H](C=O)N(C(=O)[C@@H](NC(=O)CNC(=O)c1cnccn1)C(C)(C)C)C2. The maximum Gasteiger partial charge on any atom is 0.271 e. The molecule has 2 N–H and O–H groups in total. The molecule has 0 radical (unpaired) electrons. The highest BCUT2D eigenvalue weighted by atomic mass is 16.2. The summed E-state index contributed by atoms with van der Waals surface area (Å²) in [7, 11) is 0. The standard InChI is InChI=1S/C25H35N7O5/c1-5-31-22(36)18-7-6-10-32(18)25(31)11-16(14-33)30(15-25)23(37)20(24(2,3)4)29-19(34)13-28-21(35)17-12-26-8-9-27-17/h8-9,12,14,16,18,20H,5-7,10-11,13,15H2,1-4H3,(H,28,35)(H,29,34)/t16-,18?,20+,25?/m0/s1. The molecule has 4 rings (SSSR count). The van der Waals surface area contributed by atoms with Gasteiger partial charge in [-0.15, -0.1) is 0 Å². The summed E-state index contributed by atoms with van der Waals surface area (Å²) in [5.41, 5.74) is -1.33. The molecule has 4 amide bonds. The van der Waals surface area contributed by atoms with Crippen LogP contribution in [0.3, 0.4) is 0 Å². The molecule has 4 atom stereocenters. The van der Waals surface area contributed by atoms with Crippen molar-refractivity contribution in [2.45, 2.75) is 70.7 Å². The van der Waals surface area contributed by atoms with E-state index in [2.05, 4.69) is 25.5 Å². The van der Waals surface area contributed by atoms with Gasteiger partial charge in [0.2, 0.25) is 17.7 Å². The lowest BCUT2D eigenvalue weighted by Crippen LogP contribution is -2.59. The number of aldehydes is 1. The first-order valence-corrected chi connectivity index (χ1v) is 12.7. The molecule has 2 unspecified atom stereocenters. The molecule has 0 bridgehead atoms. The fraction of sp³-hybridized carbons (Fsp3) is 0.640. The number of carbonyl (C=O) groups is 5. The third kappa shape index (κ3) is 4.81. The van der Waals surface area contributed by atoms with Crippen LogP contribution in [-0.2, 0) is 19.2 Å². The lowest BCUT2D eigenvalue weighted by molar-refractivity contribution is -0.142. The molecule has 0 aromatic carbocycles. The maximum absolute atomic E-state index is 13.9. The molecule has 3 fully saturated rings. The lowest BCUT2D eigenvalue weighted by atomic mass is 9.85. The van der Waals surface area contributed by atoms with Crippen LogP contribution in [0.15, 0.2) is 18.6 Å². The average molecular weight is 514 g/mol. The first-order valence-electron chi connectivity index (χ1n) is 12.7. The summed E-state index contributed by atoms with van der Waals surface area (Å²) < 4.78 is 0. The quantitative estimate of drug-likeness (QED) is 0.467. The number of rotatable bonds is 7. The predicted molar refractivity (Wildman–Crippen MR) is 132 cm³/mol. The number of nitrogens with zero attached hydrogens (tertiary/aromatic N) is 5. The first kappa shape index (κ1) is 26.6. The summed E-state index contributed by atoms with van der Waals surface area (Å²) in [5.74, 6) is -1.44. The number of hydrogen-bond donors (Lipinski definition) is 2. The van der Waals surface area contributed by atoms with Crippen molar-refractivity contribution in [3.05, 3.63) is 24.3 Å². The zero-order chi connectivity index (χ0) is 27.0. The van der Waals surface area contributed by atoms with E-state index in [9.17, 15) is 24.0 Å². The van der Waals surface area contributed by atoms with Gasteiger partial charge in [-0.05, 0) is 25.2 Å². The van der Waals surface area contributed by atoms with Crippen molar-refractivity contribution in [1.82, 2.24) is 35.3 Å². The summed E-state index contributed by atoms with van der Waals surface area (Å²) in [6, 6.07) is -1.88. The Morgan fingerprint density at radius 1 is 1.27 bits per heavy atom. The first-order chi connectivity index (χ1) is 17.5. The zero-order valence-electron chi connectivity index (χ0n) is 21.8. The van der Waals surface area contributed by atoms with Gasteiger partial charge in [0.1, 0.15) is 23.7 Å². The minimum atomic E-state index is -0.951. The van der Waals surface area contributed by atoms with Crippen molar-refractivity contribution >= 4 is 29.9 Å². The van der Waals surface area contributed by atoms with E-state index in [1.54, 1.807) is 0 Å². The van der Waals surface area contributed by atoms with E-state index in [-0.39, 0.29) is 36.6 Å². The fourth-order valence-electron chi connectivity index (χ4n) is 5.87. The van der Waals surface area contributed by atoms with Gasteiger partial charge in [0.05, 0.1) is 31.4 Å². The second kappa shape index (κ2) is 10.2. The van der Waals surface area contributed by atoms with Crippen molar-refractivity contribution in [3.8, 4) is 0 Å². The monoisotopic (exact) mass is 513 g/mol. The van der Waals surface area contributed by atoms with E-state index in [0.29, 0.717) is 13.0 Å². The highest BCUT2D eigenvalue weighted by Gasteiger charge is 2.63. The van der Waals surface area contributed by atoms with E-state index >= 15 is 0 Å². The van der Waals surface area contributed by atoms with Crippen LogP contribution in [-0.4, -0.2) is 105 Å². The molecule has 12 nitrogen and oxygen atoms in total. The Hall–Kier alpha value is -3.41. The van der Waals surface area contributed by atoms with E-state index in [4.69, 9.17) is 0 Å². The molecule has 4 heterocycles. The van der Waals surface area contributed by atoms with Crippen molar-refractivity contribution in [2.24, 2.45) is 5.41 Å². The van der Waals surface area contributed by atoms with E-state index < -0.39 is 35.0 Å². The topological polar surface area (TPSA) is 145 Å². The van der Waals surface area contributed by atoms with Crippen molar-refractivity contribution in [3.63, 3.8) is 0 Å². The van der Waals surface area contributed by atoms with Gasteiger partial charge in [0.25, 0.3) is 5.91 Å². The van der Waals surface area contributed by atoms with Gasteiger partial charge in [-0.2, -0.15) is 0 Å². The number of carbonyl (C=O) groups excluding carboxylic acids is 5. The van der Waals surface area contributed by atoms with Gasteiger partial charge >= 0.3 is 0 Å². The van der Waals surface area contributed by atoms with Gasteiger partial charge in [0.15, 0.2) is 0 Å². The Labute approximate surface area is 216 Å². The minimum absolute atomic E-state index is 0.0541. The normalized spacial score (nSPS) is 26.3. The summed E-state index contributed by atoms with van der Waals surface area (Å²) >= 11 is 0. The Morgan fingerprint density at radius 2 is 2.03 bits per heavy atom. The van der Waals surface area contributed by atoms with Gasteiger partial charge in [-0.1, -0.05) is 20.8 Å². The Balaban J connectivity index is 1.50. The van der Waals surface area contributed by atoms with Crippen LogP contribution in [0, 0.1) is 5.41 Å². The number of nitrogens with one attached hydrogen (secondary N) is 2. The van der Waals surface area contributed by atoms with Crippen molar-refractivity contribution in [2.75, 3.05) is 26.2 Å². The molecule has 1 aromatic heterocycles. The third-order valence-corrected chi connectivity index (χ3v) is 7.58. The molecule has 3 aliphatic heterocycles. The maximum atomic E-state index is 13.9. The summed E-state index contributed by atoms with van der Waals surface area (Å²) in [6.07, 6.45) is 6.87. The summed E-state index contributed by atoms with van der Waals surface area (Å²) in [5, 5.41) is 5.24. The largest absolute Gasteiger partial charge is 0.342 e. The van der Waals surface area contributed by atoms with Gasteiger partial charge in [-0.3, -0.25) is 29.1 Å². The van der Waals surface area contributed by atoms with Crippen molar-refractivity contribution in [1.29, 1.82) is 0 Å². The van der Waals surface area contributed by atoms with E-state index in [1.165, 1.54) is 23.5 Å². The number of amides is 4. The fourth-order valence-corrected chi connectivity index (χ4v) is 5.87. The third-order valence-electron chi connectivity index (χ3n) is 7.58. The van der Waals surface area contributed by atoms with Gasteiger partial charge in [-0.25, -0.2) is 4.98 Å². The summed E-state index contributed by atoms with van der Waals surface area (Å²) in [4.78, 5) is 77.4. The number of likely N-dealkylation sites (tertiary alicyclic amines) is 1. The number of likely N-dealkylation sites (N-methyl/N-ethyl adjacent to an activating group) is 1. The molecule has 3 aliphatic rings. The smallest absolute Gasteiger partial charge is 0.271 e. The molecular weight excluding hydrogens is 478 g/mol. The highest BCUT2D eigenvalue weighted by molar-refractivity contribution is 5.96. The average Bonchev–Trinajstić information content (AvgIpc) is 3.56. The van der Waals surface area contributed by atoms with Crippen LogP contribution in [0.5, 0.6) is 0 Å². The molecular formula is C25H35N7O5. The van der Waals surface area contributed by atoms with E-state index in [0.717, 1.165) is 25.7 Å². The Kier molecular flexibility index (Phi) is 7.31. The Morgan fingerprint density at radius 3 is 2.65 bits per heavy atom. The summed E-state index contributed by atoms with van der Waals surface area (Å²) in [6.45, 7) is 8.46. The highest BCUT2D eigenvalue weighted by Crippen LogP contribution is 2.45. The number of fused-ring (bicyclic) bond motifs is 2. The molecule has 1 spiro atoms. The van der Waals surface area contributed by atoms with Crippen LogP contribution in [0.25, 0.3) is 0 Å². The molecule has 200 valence electrons. The van der Waals surface area contributed by atoms with Crippen molar-refractivity contribution < 1.29 is 24.0 Å². The van der Waals surface area contributed by atoms with Gasteiger partial charge in [0, 0.05) is 31.9 Å². The van der Waals surface area contributed by atoms with Crippen LogP contribution in [0.2, 0.25) is 0 Å². The second-order valence-corrected chi connectivity index (χ2v) is 10.9. The van der Waals surface area contributed by atoms with Crippen LogP contribution in [0.4, 0.5) is 0 Å². The molecule has 37 heavy (non-hydrogen) atoms. The molecule has 0 saturated carbocycles. The lowest BCUT2D eigenvalue weighted by Gasteiger charge is -2.40. The minimum Gasteiger partial charge on any atom is -0.342 e. The van der Waals surface area contributed by atoms with E-state index in [1.807, 2.05) is 32.6 Å². The number of aromatic nitrogens is 2. The molecule has 3 saturated heterocycles. The van der Waals surface area contributed by atoms with Gasteiger partial charge < -0.3 is 25.2 Å². The van der Waals surface area contributed by atoms with Crippen LogP contribution in [0.1, 0.15) is 57.4 Å². The molecule has 0 aliphatic carbocycles. The second-order valence-electron chi connectivity index (χ2n) is 10.9. The van der Waals surface area contributed by atoms with Crippen LogP contribution < -0.4 is 10.6 Å². The molecule has 12 heteroatoms. The Bertz CT molecular complexity index is 1070. The van der Waals surface area contributed by atoms with Crippen LogP contribution >= 0.6 is 0 Å². The number of hydrogen-bond acceptors (Lipinski definition) is 8. The predicted octanol–water partition coefficient (Wildman–Crippen LogP) is -0.440. The zero-order valence-corrected chi connectivity index (χ0v) is 21.8.